The van der Waals surface area contributed by atoms with Gasteiger partial charge in [-0.15, -0.1) is 0 Å². The molecular weight excluding hydrogens is 358 g/mol. The number of amides is 2. The number of sulfone groups is 1. The Bertz CT molecular complexity index is 805. The molecule has 10 heteroatoms. The van der Waals surface area contributed by atoms with Crippen LogP contribution in [0.4, 0.5) is 5.95 Å². The van der Waals surface area contributed by atoms with Crippen LogP contribution in [0.1, 0.15) is 23.8 Å². The van der Waals surface area contributed by atoms with Gasteiger partial charge in [0.05, 0.1) is 11.5 Å². The molecule has 9 nitrogen and oxygen atoms in total. The smallest absolute Gasteiger partial charge is 0.272 e. The van der Waals surface area contributed by atoms with Gasteiger partial charge in [0.25, 0.3) is 5.91 Å². The zero-order chi connectivity index (χ0) is 18.9. The number of carbonyl (C=O) groups excluding carboxylic acids is 2. The van der Waals surface area contributed by atoms with E-state index in [1.165, 1.54) is 17.2 Å². The minimum absolute atomic E-state index is 0.000185. The molecule has 0 spiro atoms. The summed E-state index contributed by atoms with van der Waals surface area (Å²) >= 11 is 0. The fourth-order valence-corrected chi connectivity index (χ4v) is 5.04. The van der Waals surface area contributed by atoms with Gasteiger partial charge in [-0.3, -0.25) is 9.59 Å². The lowest BCUT2D eigenvalue weighted by molar-refractivity contribution is -0.129. The van der Waals surface area contributed by atoms with Crippen molar-refractivity contribution in [3.8, 4) is 0 Å². The Balaban J connectivity index is 1.69. The highest BCUT2D eigenvalue weighted by Gasteiger charge is 2.33. The van der Waals surface area contributed by atoms with E-state index in [2.05, 4.69) is 9.97 Å². The Morgan fingerprint density at radius 1 is 1.23 bits per heavy atom. The minimum Gasteiger partial charge on any atom is -0.339 e. The van der Waals surface area contributed by atoms with Gasteiger partial charge in [-0.2, -0.15) is 0 Å². The first-order valence-corrected chi connectivity index (χ1v) is 10.4. The molecule has 2 aliphatic heterocycles. The van der Waals surface area contributed by atoms with Crippen molar-refractivity contribution in [1.82, 2.24) is 19.8 Å². The van der Waals surface area contributed by atoms with Gasteiger partial charge in [-0.1, -0.05) is 0 Å². The van der Waals surface area contributed by atoms with Crippen molar-refractivity contribution < 1.29 is 18.0 Å². The van der Waals surface area contributed by atoms with E-state index in [4.69, 9.17) is 0 Å². The standard InChI is InChI=1S/C16H23N5O4S/c1-12(22)20-6-8-21(9-7-20)16-17-5-3-14(18-16)15(23)19(2)13-4-10-26(24,25)11-13/h3,5,13H,4,6-11H2,1-2H3. The van der Waals surface area contributed by atoms with Crippen molar-refractivity contribution >= 4 is 27.6 Å². The van der Waals surface area contributed by atoms with Crippen molar-refractivity contribution in [3.05, 3.63) is 18.0 Å². The largest absolute Gasteiger partial charge is 0.339 e. The predicted octanol–water partition coefficient (Wildman–Crippen LogP) is -0.596. The lowest BCUT2D eigenvalue weighted by atomic mass is 10.2. The summed E-state index contributed by atoms with van der Waals surface area (Å²) in [4.78, 5) is 37.9. The molecule has 3 rings (SSSR count). The monoisotopic (exact) mass is 381 g/mol. The van der Waals surface area contributed by atoms with Crippen LogP contribution >= 0.6 is 0 Å². The van der Waals surface area contributed by atoms with Crippen LogP contribution in [0.25, 0.3) is 0 Å². The molecule has 2 fully saturated rings. The maximum Gasteiger partial charge on any atom is 0.272 e. The number of hydrogen-bond donors (Lipinski definition) is 0. The van der Waals surface area contributed by atoms with Crippen LogP contribution in [-0.2, 0) is 14.6 Å². The lowest BCUT2D eigenvalue weighted by Crippen LogP contribution is -2.48. The summed E-state index contributed by atoms with van der Waals surface area (Å²) in [5.41, 5.74) is 0.246. The topological polar surface area (TPSA) is 104 Å². The van der Waals surface area contributed by atoms with Crippen LogP contribution < -0.4 is 4.90 Å². The molecule has 0 bridgehead atoms. The summed E-state index contributed by atoms with van der Waals surface area (Å²) in [5, 5.41) is 0. The van der Waals surface area contributed by atoms with E-state index in [1.54, 1.807) is 18.9 Å². The van der Waals surface area contributed by atoms with Crippen LogP contribution in [0.15, 0.2) is 12.3 Å². The zero-order valence-electron chi connectivity index (χ0n) is 15.0. The second kappa shape index (κ2) is 7.18. The molecule has 0 aliphatic carbocycles. The Hall–Kier alpha value is -2.23. The Morgan fingerprint density at radius 2 is 1.92 bits per heavy atom. The van der Waals surface area contributed by atoms with Crippen LogP contribution in [-0.4, -0.2) is 90.8 Å². The van der Waals surface area contributed by atoms with E-state index in [0.717, 1.165) is 0 Å². The number of piperazine rings is 1. The molecule has 1 unspecified atom stereocenters. The summed E-state index contributed by atoms with van der Waals surface area (Å²) in [5.74, 6) is 0.303. The molecule has 0 saturated carbocycles. The summed E-state index contributed by atoms with van der Waals surface area (Å²) in [6.45, 7) is 3.94. The molecule has 1 aromatic rings. The van der Waals surface area contributed by atoms with E-state index >= 15 is 0 Å². The highest BCUT2D eigenvalue weighted by molar-refractivity contribution is 7.91. The number of carbonyl (C=O) groups is 2. The highest BCUT2D eigenvalue weighted by Crippen LogP contribution is 2.19. The van der Waals surface area contributed by atoms with E-state index in [1.807, 2.05) is 4.90 Å². The Labute approximate surface area is 152 Å². The molecule has 3 heterocycles. The van der Waals surface area contributed by atoms with Crippen LogP contribution in [0.2, 0.25) is 0 Å². The predicted molar refractivity (Wildman–Crippen MR) is 95.7 cm³/mol. The highest BCUT2D eigenvalue weighted by atomic mass is 32.2. The fraction of sp³-hybridized carbons (Fsp3) is 0.625. The van der Waals surface area contributed by atoms with Crippen molar-refractivity contribution in [2.24, 2.45) is 0 Å². The summed E-state index contributed by atoms with van der Waals surface area (Å²) in [6, 6.07) is 1.22. The molecule has 2 amide bonds. The number of aromatic nitrogens is 2. The van der Waals surface area contributed by atoms with Crippen molar-refractivity contribution in [1.29, 1.82) is 0 Å². The molecule has 0 N–H and O–H groups in total. The average Bonchev–Trinajstić information content (AvgIpc) is 3.00. The molecule has 1 atom stereocenters. The number of nitrogens with zero attached hydrogens (tertiary/aromatic N) is 5. The third-order valence-corrected chi connectivity index (χ3v) is 6.70. The summed E-state index contributed by atoms with van der Waals surface area (Å²) in [6.07, 6.45) is 1.99. The first-order chi connectivity index (χ1) is 12.3. The molecule has 26 heavy (non-hydrogen) atoms. The Kier molecular flexibility index (Phi) is 5.12. The van der Waals surface area contributed by atoms with E-state index in [-0.39, 0.29) is 35.1 Å². The number of rotatable bonds is 3. The number of anilines is 1. The minimum atomic E-state index is -3.06. The van der Waals surface area contributed by atoms with E-state index in [9.17, 15) is 18.0 Å². The van der Waals surface area contributed by atoms with Crippen LogP contribution in [0.3, 0.4) is 0 Å². The molecule has 2 aliphatic rings. The van der Waals surface area contributed by atoms with Crippen LogP contribution in [0, 0.1) is 0 Å². The second-order valence-corrected chi connectivity index (χ2v) is 8.94. The lowest BCUT2D eigenvalue weighted by Gasteiger charge is -2.34. The molecule has 0 radical (unpaired) electrons. The first kappa shape index (κ1) is 18.6. The molecular formula is C16H23N5O4S. The van der Waals surface area contributed by atoms with Gasteiger partial charge in [0.1, 0.15) is 5.69 Å². The third-order valence-electron chi connectivity index (χ3n) is 4.95. The third kappa shape index (κ3) is 3.95. The fourth-order valence-electron chi connectivity index (χ4n) is 3.27. The molecule has 2 saturated heterocycles. The molecule has 142 valence electrons. The summed E-state index contributed by atoms with van der Waals surface area (Å²) < 4.78 is 23.3. The van der Waals surface area contributed by atoms with Gasteiger partial charge in [0.15, 0.2) is 9.84 Å². The second-order valence-electron chi connectivity index (χ2n) is 6.71. The Morgan fingerprint density at radius 3 is 2.50 bits per heavy atom. The first-order valence-electron chi connectivity index (χ1n) is 8.58. The quantitative estimate of drug-likeness (QED) is 0.689. The SMILES string of the molecule is CC(=O)N1CCN(c2nccc(C(=O)N(C)C3CCS(=O)(=O)C3)n2)CC1. The molecule has 1 aromatic heterocycles. The van der Waals surface area contributed by atoms with Crippen molar-refractivity contribution in [2.75, 3.05) is 49.6 Å². The van der Waals surface area contributed by atoms with Gasteiger partial charge in [-0.05, 0) is 12.5 Å². The maximum absolute atomic E-state index is 12.7. The van der Waals surface area contributed by atoms with Gasteiger partial charge in [0, 0.05) is 52.4 Å². The average molecular weight is 381 g/mol. The van der Waals surface area contributed by atoms with Gasteiger partial charge in [0.2, 0.25) is 11.9 Å². The van der Waals surface area contributed by atoms with Crippen molar-refractivity contribution in [3.63, 3.8) is 0 Å². The van der Waals surface area contributed by atoms with E-state index < -0.39 is 9.84 Å². The summed E-state index contributed by atoms with van der Waals surface area (Å²) in [7, 11) is -1.45. The normalized spacial score (nSPS) is 22.3. The van der Waals surface area contributed by atoms with Crippen LogP contribution in [0.5, 0.6) is 0 Å². The zero-order valence-corrected chi connectivity index (χ0v) is 15.8. The number of hydrogen-bond acceptors (Lipinski definition) is 7. The van der Waals surface area contributed by atoms with Gasteiger partial charge < -0.3 is 14.7 Å². The molecule has 0 aromatic carbocycles. The van der Waals surface area contributed by atoms with Crippen molar-refractivity contribution in [2.45, 2.75) is 19.4 Å². The van der Waals surface area contributed by atoms with E-state index in [0.29, 0.717) is 38.5 Å². The maximum atomic E-state index is 12.7. The van der Waals surface area contributed by atoms with Gasteiger partial charge >= 0.3 is 0 Å². The van der Waals surface area contributed by atoms with Gasteiger partial charge in [-0.25, -0.2) is 18.4 Å².